The van der Waals surface area contributed by atoms with Crippen molar-refractivity contribution in [2.75, 3.05) is 0 Å². The number of aromatic amines is 1. The van der Waals surface area contributed by atoms with Gasteiger partial charge in [-0.1, -0.05) is 17.7 Å². The van der Waals surface area contributed by atoms with Crippen LogP contribution >= 0.6 is 0 Å². The largest absolute Gasteiger partial charge is 0.361 e. The number of benzene rings is 1. The summed E-state index contributed by atoms with van der Waals surface area (Å²) in [4.78, 5) is 3.19. The van der Waals surface area contributed by atoms with Crippen molar-refractivity contribution in [1.29, 1.82) is 0 Å². The molecule has 0 spiro atoms. The molecule has 0 aliphatic rings. The summed E-state index contributed by atoms with van der Waals surface area (Å²) in [5.41, 5.74) is 9.60. The molecule has 0 saturated carbocycles. The van der Waals surface area contributed by atoms with E-state index in [4.69, 9.17) is 5.73 Å². The van der Waals surface area contributed by atoms with Crippen LogP contribution in [0.5, 0.6) is 0 Å². The van der Waals surface area contributed by atoms with Crippen LogP contribution in [0.3, 0.4) is 0 Å². The van der Waals surface area contributed by atoms with E-state index >= 15 is 0 Å². The summed E-state index contributed by atoms with van der Waals surface area (Å²) in [5.74, 6) is 0. The van der Waals surface area contributed by atoms with Gasteiger partial charge in [0.25, 0.3) is 0 Å². The molecule has 0 aliphatic carbocycles. The van der Waals surface area contributed by atoms with Gasteiger partial charge in [-0.3, -0.25) is 0 Å². The summed E-state index contributed by atoms with van der Waals surface area (Å²) in [6, 6.07) is 8.30. The van der Waals surface area contributed by atoms with Gasteiger partial charge in [0.1, 0.15) is 0 Å². The van der Waals surface area contributed by atoms with Crippen molar-refractivity contribution in [1.82, 2.24) is 4.98 Å². The van der Waals surface area contributed by atoms with E-state index in [1.807, 2.05) is 19.2 Å². The third-order valence-electron chi connectivity index (χ3n) is 2.60. The van der Waals surface area contributed by atoms with Crippen LogP contribution in [0.1, 0.15) is 24.9 Å². The average molecular weight is 200 g/mol. The Kier molecular flexibility index (Phi) is 2.60. The van der Waals surface area contributed by atoms with E-state index in [-0.39, 0.29) is 6.04 Å². The molecule has 1 heterocycles. The van der Waals surface area contributed by atoms with Crippen molar-refractivity contribution >= 4 is 10.9 Å². The van der Waals surface area contributed by atoms with Gasteiger partial charge in [-0.05, 0) is 31.0 Å². The smallest absolute Gasteiger partial charge is 0.0457 e. The van der Waals surface area contributed by atoms with E-state index in [0.29, 0.717) is 0 Å². The second-order valence-electron chi connectivity index (χ2n) is 4.05. The molecule has 2 heteroatoms. The monoisotopic (exact) mass is 200 g/mol. The predicted molar refractivity (Wildman–Crippen MR) is 64.7 cm³/mol. The molecule has 0 bridgehead atoms. The lowest BCUT2D eigenvalue weighted by molar-refractivity contribution is 0.723. The number of nitrogens with one attached hydrogen (secondary N) is 1. The maximum absolute atomic E-state index is 6.15. The Morgan fingerprint density at radius 2 is 2.27 bits per heavy atom. The van der Waals surface area contributed by atoms with Gasteiger partial charge in [0.2, 0.25) is 0 Å². The van der Waals surface area contributed by atoms with Gasteiger partial charge in [-0.15, -0.1) is 6.58 Å². The molecule has 0 unspecified atom stereocenters. The van der Waals surface area contributed by atoms with Crippen molar-refractivity contribution < 1.29 is 0 Å². The molecule has 2 aromatic rings. The Labute approximate surface area is 89.8 Å². The van der Waals surface area contributed by atoms with Crippen molar-refractivity contribution in [3.8, 4) is 0 Å². The van der Waals surface area contributed by atoms with Crippen molar-refractivity contribution in [3.05, 3.63) is 48.2 Å². The normalized spacial score (nSPS) is 12.9. The summed E-state index contributed by atoms with van der Waals surface area (Å²) in [6.45, 7) is 5.91. The van der Waals surface area contributed by atoms with Crippen LogP contribution in [0.15, 0.2) is 42.6 Å². The average Bonchev–Trinajstić information content (AvgIpc) is 2.63. The zero-order valence-electron chi connectivity index (χ0n) is 8.96. The van der Waals surface area contributed by atoms with E-state index in [2.05, 4.69) is 29.8 Å². The molecular weight excluding hydrogens is 184 g/mol. The lowest BCUT2D eigenvalue weighted by Crippen LogP contribution is -2.10. The molecule has 0 aliphatic heterocycles. The molecular formula is C13H16N2. The minimum Gasteiger partial charge on any atom is -0.361 e. The topological polar surface area (TPSA) is 41.8 Å². The molecule has 1 aromatic carbocycles. The van der Waals surface area contributed by atoms with Crippen LogP contribution in [0.2, 0.25) is 0 Å². The van der Waals surface area contributed by atoms with E-state index in [9.17, 15) is 0 Å². The number of nitrogens with two attached hydrogens (primary N) is 1. The van der Waals surface area contributed by atoms with Gasteiger partial charge >= 0.3 is 0 Å². The van der Waals surface area contributed by atoms with Gasteiger partial charge in [0, 0.05) is 23.1 Å². The number of hydrogen-bond acceptors (Lipinski definition) is 1. The first-order valence-electron chi connectivity index (χ1n) is 5.14. The number of aromatic nitrogens is 1. The molecule has 0 radical (unpaired) electrons. The summed E-state index contributed by atoms with van der Waals surface area (Å²) in [6.07, 6.45) is 2.78. The van der Waals surface area contributed by atoms with Gasteiger partial charge < -0.3 is 10.7 Å². The van der Waals surface area contributed by atoms with E-state index < -0.39 is 0 Å². The van der Waals surface area contributed by atoms with Gasteiger partial charge in [0.15, 0.2) is 0 Å². The summed E-state index contributed by atoms with van der Waals surface area (Å²) in [7, 11) is 0. The molecule has 15 heavy (non-hydrogen) atoms. The molecule has 2 nitrogen and oxygen atoms in total. The fourth-order valence-electron chi connectivity index (χ4n) is 1.92. The third-order valence-corrected chi connectivity index (χ3v) is 2.60. The first-order chi connectivity index (χ1) is 7.18. The lowest BCUT2D eigenvalue weighted by Gasteiger charge is -2.12. The van der Waals surface area contributed by atoms with Crippen LogP contribution in [0.4, 0.5) is 0 Å². The van der Waals surface area contributed by atoms with Crippen LogP contribution in [0.25, 0.3) is 10.9 Å². The molecule has 1 aromatic heterocycles. The molecule has 2 rings (SSSR count). The number of H-pyrrole nitrogens is 1. The highest BCUT2D eigenvalue weighted by atomic mass is 14.7. The number of fused-ring (bicyclic) bond motifs is 1. The fourth-order valence-corrected chi connectivity index (χ4v) is 1.92. The Morgan fingerprint density at radius 1 is 1.47 bits per heavy atom. The van der Waals surface area contributed by atoms with Crippen LogP contribution in [-0.2, 0) is 0 Å². The highest BCUT2D eigenvalue weighted by molar-refractivity contribution is 5.83. The van der Waals surface area contributed by atoms with E-state index in [1.54, 1.807) is 0 Å². The van der Waals surface area contributed by atoms with E-state index in [1.165, 1.54) is 10.9 Å². The Hall–Kier alpha value is -1.54. The van der Waals surface area contributed by atoms with Crippen LogP contribution in [-0.4, -0.2) is 4.98 Å². The minimum absolute atomic E-state index is 0.0435. The van der Waals surface area contributed by atoms with Gasteiger partial charge in [-0.2, -0.15) is 0 Å². The second kappa shape index (κ2) is 3.91. The fraction of sp³-hybridized carbons (Fsp3) is 0.231. The lowest BCUT2D eigenvalue weighted by atomic mass is 9.98. The zero-order valence-corrected chi connectivity index (χ0v) is 8.96. The van der Waals surface area contributed by atoms with Gasteiger partial charge in [0.05, 0.1) is 0 Å². The quantitative estimate of drug-likeness (QED) is 0.734. The summed E-state index contributed by atoms with van der Waals surface area (Å²) in [5, 5.41) is 1.21. The zero-order chi connectivity index (χ0) is 10.8. The Bertz CT molecular complexity index is 482. The number of rotatable bonds is 3. The van der Waals surface area contributed by atoms with Crippen molar-refractivity contribution in [2.45, 2.75) is 19.4 Å². The van der Waals surface area contributed by atoms with Gasteiger partial charge in [-0.25, -0.2) is 0 Å². The highest BCUT2D eigenvalue weighted by Gasteiger charge is 2.09. The predicted octanol–water partition coefficient (Wildman–Crippen LogP) is 3.13. The van der Waals surface area contributed by atoms with Crippen LogP contribution < -0.4 is 5.73 Å². The van der Waals surface area contributed by atoms with Crippen molar-refractivity contribution in [3.63, 3.8) is 0 Å². The summed E-state index contributed by atoms with van der Waals surface area (Å²) >= 11 is 0. The summed E-state index contributed by atoms with van der Waals surface area (Å²) < 4.78 is 0. The molecule has 0 saturated heterocycles. The molecule has 0 fully saturated rings. The molecule has 78 valence electrons. The molecule has 3 N–H and O–H groups in total. The second-order valence-corrected chi connectivity index (χ2v) is 4.05. The Morgan fingerprint density at radius 3 is 3.00 bits per heavy atom. The van der Waals surface area contributed by atoms with Crippen molar-refractivity contribution in [2.24, 2.45) is 5.73 Å². The first kappa shape index (κ1) is 9.99. The van der Waals surface area contributed by atoms with Crippen LogP contribution in [0, 0.1) is 0 Å². The third kappa shape index (κ3) is 1.95. The number of hydrogen-bond donors (Lipinski definition) is 2. The SMILES string of the molecule is C=C(C)C[C@H](N)c1cccc2[nH]ccc12. The Balaban J connectivity index is 2.42. The van der Waals surface area contributed by atoms with E-state index in [0.717, 1.165) is 17.5 Å². The molecule has 1 atom stereocenters. The minimum atomic E-state index is 0.0435. The maximum atomic E-state index is 6.15. The maximum Gasteiger partial charge on any atom is 0.0457 e. The molecule has 0 amide bonds. The standard InChI is InChI=1S/C13H16N2/c1-9(2)8-12(14)10-4-3-5-13-11(10)6-7-15-13/h3-7,12,15H,1,8,14H2,2H3/t12-/m0/s1. The highest BCUT2D eigenvalue weighted by Crippen LogP contribution is 2.25. The first-order valence-corrected chi connectivity index (χ1v) is 5.14.